The quantitative estimate of drug-likeness (QED) is 0.881. The summed E-state index contributed by atoms with van der Waals surface area (Å²) in [7, 11) is 0. The number of aromatic carboxylic acids is 1. The predicted octanol–water partition coefficient (Wildman–Crippen LogP) is 2.60. The van der Waals surface area contributed by atoms with Crippen LogP contribution in [0, 0.1) is 5.82 Å². The highest BCUT2D eigenvalue weighted by atomic mass is 19.1. The summed E-state index contributed by atoms with van der Waals surface area (Å²) < 4.78 is 19.1. The third-order valence-corrected chi connectivity index (χ3v) is 2.80. The van der Waals surface area contributed by atoms with Crippen LogP contribution in [0.15, 0.2) is 42.5 Å². The molecule has 4 nitrogen and oxygen atoms in total. The molecule has 0 aliphatic rings. The number of aliphatic hydroxyl groups is 1. The zero-order valence-corrected chi connectivity index (χ0v) is 10.5. The molecule has 2 rings (SSSR count). The second-order valence-electron chi connectivity index (χ2n) is 4.20. The van der Waals surface area contributed by atoms with Crippen LogP contribution in [-0.4, -0.2) is 16.2 Å². The van der Waals surface area contributed by atoms with Crippen molar-refractivity contribution in [1.29, 1.82) is 0 Å². The minimum Gasteiger partial charge on any atom is -0.489 e. The van der Waals surface area contributed by atoms with Crippen LogP contribution in [0.3, 0.4) is 0 Å². The number of ether oxygens (including phenoxy) is 1. The van der Waals surface area contributed by atoms with Crippen molar-refractivity contribution < 1.29 is 24.1 Å². The lowest BCUT2D eigenvalue weighted by Crippen LogP contribution is -2.02. The average Bonchev–Trinajstić information content (AvgIpc) is 2.46. The van der Waals surface area contributed by atoms with Crippen LogP contribution in [0.2, 0.25) is 0 Å². The highest BCUT2D eigenvalue weighted by Gasteiger charge is 2.08. The standard InChI is InChI=1S/C15H13FO4/c16-14-7-11(15(18)19)3-4-12(14)9-20-13-5-1-10(8-17)2-6-13/h1-7,17H,8-9H2,(H,18,19). The molecule has 0 heterocycles. The number of hydrogen-bond donors (Lipinski definition) is 2. The van der Waals surface area contributed by atoms with Crippen LogP contribution in [0.4, 0.5) is 4.39 Å². The minimum atomic E-state index is -1.17. The van der Waals surface area contributed by atoms with Crippen LogP contribution < -0.4 is 4.74 Å². The average molecular weight is 276 g/mol. The van der Waals surface area contributed by atoms with Crippen molar-refractivity contribution in [2.75, 3.05) is 0 Å². The number of aliphatic hydroxyl groups excluding tert-OH is 1. The molecule has 0 bridgehead atoms. The summed E-state index contributed by atoms with van der Waals surface area (Å²) in [5.74, 6) is -1.24. The summed E-state index contributed by atoms with van der Waals surface area (Å²) in [6.45, 7) is -0.0459. The highest BCUT2D eigenvalue weighted by Crippen LogP contribution is 2.16. The Morgan fingerprint density at radius 1 is 1.15 bits per heavy atom. The van der Waals surface area contributed by atoms with Crippen molar-refractivity contribution in [2.24, 2.45) is 0 Å². The first-order chi connectivity index (χ1) is 9.60. The van der Waals surface area contributed by atoms with Gasteiger partial charge in [0.15, 0.2) is 0 Å². The van der Waals surface area contributed by atoms with Gasteiger partial charge in [0.1, 0.15) is 18.2 Å². The second kappa shape index (κ2) is 6.16. The molecule has 2 aromatic carbocycles. The van der Waals surface area contributed by atoms with Gasteiger partial charge in [0, 0.05) is 5.56 Å². The van der Waals surface area contributed by atoms with Gasteiger partial charge in [-0.2, -0.15) is 0 Å². The maximum Gasteiger partial charge on any atom is 0.335 e. The fraction of sp³-hybridized carbons (Fsp3) is 0.133. The van der Waals surface area contributed by atoms with Crippen LogP contribution in [0.1, 0.15) is 21.5 Å². The fourth-order valence-corrected chi connectivity index (χ4v) is 1.65. The summed E-state index contributed by atoms with van der Waals surface area (Å²) in [5, 5.41) is 17.6. The van der Waals surface area contributed by atoms with Gasteiger partial charge < -0.3 is 14.9 Å². The van der Waals surface area contributed by atoms with E-state index in [1.165, 1.54) is 12.1 Å². The first-order valence-corrected chi connectivity index (χ1v) is 5.94. The van der Waals surface area contributed by atoms with Gasteiger partial charge in [-0.15, -0.1) is 0 Å². The van der Waals surface area contributed by atoms with E-state index in [2.05, 4.69) is 0 Å². The molecule has 0 saturated carbocycles. The van der Waals surface area contributed by atoms with Crippen molar-refractivity contribution in [3.05, 3.63) is 65.0 Å². The van der Waals surface area contributed by atoms with Crippen LogP contribution in [0.5, 0.6) is 5.75 Å². The van der Waals surface area contributed by atoms with Crippen molar-refractivity contribution in [2.45, 2.75) is 13.2 Å². The SMILES string of the molecule is O=C(O)c1ccc(COc2ccc(CO)cc2)c(F)c1. The number of halogens is 1. The number of carboxylic acids is 1. The molecule has 104 valence electrons. The minimum absolute atomic E-state index is 0.00417. The van der Waals surface area contributed by atoms with Crippen molar-refractivity contribution >= 4 is 5.97 Å². The van der Waals surface area contributed by atoms with E-state index in [4.69, 9.17) is 14.9 Å². The lowest BCUT2D eigenvalue weighted by molar-refractivity contribution is 0.0696. The number of carbonyl (C=O) groups is 1. The monoisotopic (exact) mass is 276 g/mol. The van der Waals surface area contributed by atoms with Crippen LogP contribution in [0.25, 0.3) is 0 Å². The Kier molecular flexibility index (Phi) is 4.32. The zero-order valence-electron chi connectivity index (χ0n) is 10.5. The summed E-state index contributed by atoms with van der Waals surface area (Å²) in [6.07, 6.45) is 0. The van der Waals surface area contributed by atoms with E-state index in [1.54, 1.807) is 24.3 Å². The largest absolute Gasteiger partial charge is 0.489 e. The molecular weight excluding hydrogens is 263 g/mol. The molecule has 0 spiro atoms. The molecule has 0 amide bonds. The molecule has 0 unspecified atom stereocenters. The molecule has 2 N–H and O–H groups in total. The highest BCUT2D eigenvalue weighted by molar-refractivity contribution is 5.87. The summed E-state index contributed by atoms with van der Waals surface area (Å²) in [4.78, 5) is 10.7. The molecule has 5 heteroatoms. The van der Waals surface area contributed by atoms with Crippen molar-refractivity contribution in [1.82, 2.24) is 0 Å². The fourth-order valence-electron chi connectivity index (χ4n) is 1.65. The van der Waals surface area contributed by atoms with E-state index in [1.807, 2.05) is 0 Å². The van der Waals surface area contributed by atoms with Gasteiger partial charge >= 0.3 is 5.97 Å². The third-order valence-electron chi connectivity index (χ3n) is 2.80. The maximum absolute atomic E-state index is 13.7. The van der Waals surface area contributed by atoms with Crippen LogP contribution >= 0.6 is 0 Å². The molecule has 0 aliphatic heterocycles. The van der Waals surface area contributed by atoms with Gasteiger partial charge in [-0.1, -0.05) is 18.2 Å². The normalized spacial score (nSPS) is 10.3. The number of rotatable bonds is 5. The zero-order chi connectivity index (χ0) is 14.5. The Bertz CT molecular complexity index is 608. The predicted molar refractivity (Wildman–Crippen MR) is 70.1 cm³/mol. The van der Waals surface area contributed by atoms with Crippen molar-refractivity contribution in [3.63, 3.8) is 0 Å². The lowest BCUT2D eigenvalue weighted by Gasteiger charge is -2.08. The Morgan fingerprint density at radius 3 is 2.40 bits per heavy atom. The molecule has 0 saturated heterocycles. The summed E-state index contributed by atoms with van der Waals surface area (Å²) in [6, 6.07) is 10.5. The molecule has 0 atom stereocenters. The van der Waals surface area contributed by atoms with Gasteiger partial charge in [-0.25, -0.2) is 9.18 Å². The lowest BCUT2D eigenvalue weighted by atomic mass is 10.1. The van der Waals surface area contributed by atoms with Gasteiger partial charge in [0.05, 0.1) is 12.2 Å². The van der Waals surface area contributed by atoms with Gasteiger partial charge in [-0.3, -0.25) is 0 Å². The summed E-state index contributed by atoms with van der Waals surface area (Å²) >= 11 is 0. The Balaban J connectivity index is 2.04. The molecular formula is C15H13FO4. The smallest absolute Gasteiger partial charge is 0.335 e. The first kappa shape index (κ1) is 14.0. The Labute approximate surface area is 115 Å². The molecule has 0 radical (unpaired) electrons. The van der Waals surface area contributed by atoms with Crippen LogP contribution in [-0.2, 0) is 13.2 Å². The maximum atomic E-state index is 13.7. The molecule has 2 aromatic rings. The molecule has 20 heavy (non-hydrogen) atoms. The van der Waals surface area contributed by atoms with E-state index >= 15 is 0 Å². The number of benzene rings is 2. The number of hydrogen-bond acceptors (Lipinski definition) is 3. The second-order valence-corrected chi connectivity index (χ2v) is 4.20. The van der Waals surface area contributed by atoms with E-state index in [0.717, 1.165) is 11.6 Å². The molecule has 0 aliphatic carbocycles. The summed E-state index contributed by atoms with van der Waals surface area (Å²) in [5.41, 5.74) is 0.939. The van der Waals surface area contributed by atoms with Crippen molar-refractivity contribution in [3.8, 4) is 5.75 Å². The molecule has 0 fully saturated rings. The topological polar surface area (TPSA) is 66.8 Å². The Hall–Kier alpha value is -2.40. The van der Waals surface area contributed by atoms with E-state index in [0.29, 0.717) is 5.75 Å². The van der Waals surface area contributed by atoms with Gasteiger partial charge in [0.25, 0.3) is 0 Å². The van der Waals surface area contributed by atoms with E-state index in [9.17, 15) is 9.18 Å². The third kappa shape index (κ3) is 3.33. The number of carboxylic acid groups (broad SMARTS) is 1. The van der Waals surface area contributed by atoms with E-state index < -0.39 is 11.8 Å². The first-order valence-electron chi connectivity index (χ1n) is 5.94. The Morgan fingerprint density at radius 2 is 1.85 bits per heavy atom. The molecule has 0 aromatic heterocycles. The van der Waals surface area contributed by atoms with Gasteiger partial charge in [0.2, 0.25) is 0 Å². The van der Waals surface area contributed by atoms with E-state index in [-0.39, 0.29) is 24.3 Å². The van der Waals surface area contributed by atoms with Gasteiger partial charge in [-0.05, 0) is 29.8 Å².